The zero-order valence-corrected chi connectivity index (χ0v) is 17.5. The van der Waals surface area contributed by atoms with Crippen molar-refractivity contribution in [2.45, 2.75) is 32.2 Å². The highest BCUT2D eigenvalue weighted by Crippen LogP contribution is 2.28. The van der Waals surface area contributed by atoms with Crippen molar-refractivity contribution in [1.82, 2.24) is 4.90 Å². The minimum absolute atomic E-state index is 0.655. The van der Waals surface area contributed by atoms with Crippen molar-refractivity contribution >= 4 is 40.5 Å². The second-order valence-electron chi connectivity index (χ2n) is 6.76. The average Bonchev–Trinajstić information content (AvgIpc) is 2.86. The Bertz CT molecular complexity index is 828. The molecule has 0 saturated carbocycles. The molecule has 2 aromatic rings. The maximum Gasteiger partial charge on any atom is 0.117 e. The Morgan fingerprint density at radius 1 is 1.00 bits per heavy atom. The molecule has 3 rings (SSSR count). The van der Waals surface area contributed by atoms with Crippen LogP contribution in [0.5, 0.6) is 0 Å². The molecule has 1 heterocycles. The third kappa shape index (κ3) is 5.52. The van der Waals surface area contributed by atoms with Gasteiger partial charge < -0.3 is 10.2 Å². The van der Waals surface area contributed by atoms with Crippen molar-refractivity contribution in [1.29, 1.82) is 0 Å². The zero-order valence-electron chi connectivity index (χ0n) is 15.2. The number of allylic oxidation sites excluding steroid dienone is 1. The molecule has 0 bridgehead atoms. The van der Waals surface area contributed by atoms with Crippen molar-refractivity contribution in [2.75, 3.05) is 6.54 Å². The quantitative estimate of drug-likeness (QED) is 0.617. The summed E-state index contributed by atoms with van der Waals surface area (Å²) < 4.78 is 0. The molecule has 142 valence electrons. The molecule has 0 aromatic heterocycles. The molecule has 5 heteroatoms. The molecule has 27 heavy (non-hydrogen) atoms. The first kappa shape index (κ1) is 20.3. The largest absolute Gasteiger partial charge is 0.341 e. The molecule has 0 amide bonds. The van der Waals surface area contributed by atoms with Crippen molar-refractivity contribution in [3.63, 3.8) is 0 Å². The Labute approximate surface area is 176 Å². The summed E-state index contributed by atoms with van der Waals surface area (Å²) in [5.74, 6) is 0. The van der Waals surface area contributed by atoms with E-state index in [0.717, 1.165) is 41.4 Å². The molecule has 1 fully saturated rings. The molecule has 2 aromatic carbocycles. The van der Waals surface area contributed by atoms with Gasteiger partial charge in [-0.1, -0.05) is 66.0 Å². The van der Waals surface area contributed by atoms with Crippen LogP contribution in [0.1, 0.15) is 36.8 Å². The third-order valence-electron chi connectivity index (χ3n) is 4.79. The maximum atomic E-state index is 6.31. The van der Waals surface area contributed by atoms with Gasteiger partial charge in [0.1, 0.15) is 18.4 Å². The molecule has 2 N–H and O–H groups in total. The molecule has 1 aliphatic heterocycles. The summed E-state index contributed by atoms with van der Waals surface area (Å²) in [6, 6.07) is 13.6. The highest BCUT2D eigenvalue weighted by Gasteiger charge is 2.18. The van der Waals surface area contributed by atoms with Crippen LogP contribution < -0.4 is 5.32 Å². The SMILES string of the molecule is C=C1CCCCCN1/C(=C\[NH2+]Cc1ccc(Cl)cc1Cl)c1ccc(Cl)cc1. The molecule has 0 radical (unpaired) electrons. The minimum atomic E-state index is 0.655. The molecule has 0 aliphatic carbocycles. The minimum Gasteiger partial charge on any atom is -0.341 e. The van der Waals surface area contributed by atoms with E-state index in [2.05, 4.69) is 35.1 Å². The summed E-state index contributed by atoms with van der Waals surface area (Å²) in [6.45, 7) is 6.05. The topological polar surface area (TPSA) is 19.9 Å². The van der Waals surface area contributed by atoms with Gasteiger partial charge >= 0.3 is 0 Å². The van der Waals surface area contributed by atoms with E-state index in [9.17, 15) is 0 Å². The van der Waals surface area contributed by atoms with Gasteiger partial charge in [0.15, 0.2) is 0 Å². The van der Waals surface area contributed by atoms with Crippen molar-refractivity contribution in [3.8, 4) is 0 Å². The Morgan fingerprint density at radius 3 is 2.48 bits per heavy atom. The van der Waals surface area contributed by atoms with Crippen LogP contribution in [0, 0.1) is 0 Å². The summed E-state index contributed by atoms with van der Waals surface area (Å²) in [5, 5.41) is 4.24. The maximum absolute atomic E-state index is 6.31. The van der Waals surface area contributed by atoms with E-state index in [1.807, 2.05) is 24.3 Å². The van der Waals surface area contributed by atoms with Crippen LogP contribution in [0.15, 0.2) is 60.9 Å². The summed E-state index contributed by atoms with van der Waals surface area (Å²) in [6.07, 6.45) is 6.83. The molecule has 0 atom stereocenters. The number of rotatable bonds is 5. The van der Waals surface area contributed by atoms with E-state index in [1.165, 1.54) is 25.0 Å². The van der Waals surface area contributed by atoms with E-state index in [-0.39, 0.29) is 0 Å². The molecular formula is C22H24Cl3N2+. The van der Waals surface area contributed by atoms with Gasteiger partial charge in [0.2, 0.25) is 0 Å². The van der Waals surface area contributed by atoms with E-state index < -0.39 is 0 Å². The van der Waals surface area contributed by atoms with Crippen LogP contribution in [0.3, 0.4) is 0 Å². The van der Waals surface area contributed by atoms with Crippen LogP contribution in [-0.2, 0) is 6.54 Å². The fraction of sp³-hybridized carbons (Fsp3) is 0.273. The predicted molar refractivity (Wildman–Crippen MR) is 116 cm³/mol. The van der Waals surface area contributed by atoms with Gasteiger partial charge in [0.25, 0.3) is 0 Å². The Morgan fingerprint density at radius 2 is 1.74 bits per heavy atom. The lowest BCUT2D eigenvalue weighted by atomic mass is 10.1. The summed E-state index contributed by atoms with van der Waals surface area (Å²) in [4.78, 5) is 2.34. The highest BCUT2D eigenvalue weighted by molar-refractivity contribution is 6.35. The van der Waals surface area contributed by atoms with Gasteiger partial charge in [-0.2, -0.15) is 0 Å². The molecule has 0 spiro atoms. The predicted octanol–water partition coefficient (Wildman–Crippen LogP) is 6.10. The third-order valence-corrected chi connectivity index (χ3v) is 5.63. The van der Waals surface area contributed by atoms with E-state index in [4.69, 9.17) is 34.8 Å². The normalized spacial score (nSPS) is 15.7. The number of halogens is 3. The van der Waals surface area contributed by atoms with E-state index in [0.29, 0.717) is 10.0 Å². The lowest BCUT2D eigenvalue weighted by Crippen LogP contribution is -2.76. The Balaban J connectivity index is 1.85. The Kier molecular flexibility index (Phi) is 7.26. The first-order chi connectivity index (χ1) is 13.0. The van der Waals surface area contributed by atoms with Crippen LogP contribution in [-0.4, -0.2) is 11.4 Å². The number of benzene rings is 2. The van der Waals surface area contributed by atoms with Gasteiger partial charge in [0, 0.05) is 33.4 Å². The lowest BCUT2D eigenvalue weighted by molar-refractivity contribution is -0.604. The standard InChI is InChI=1S/C22H23Cl3N2/c1-16-5-3-2-4-12-27(16)22(17-6-9-19(23)10-7-17)15-26-14-18-8-11-20(24)13-21(18)25/h6-11,13,15,26H,1-5,12,14H2/p+1/b22-15-. The van der Waals surface area contributed by atoms with E-state index >= 15 is 0 Å². The summed E-state index contributed by atoms with van der Waals surface area (Å²) in [5.41, 5.74) is 4.53. The molecule has 2 nitrogen and oxygen atoms in total. The molecular weight excluding hydrogens is 399 g/mol. The molecule has 1 aliphatic rings. The van der Waals surface area contributed by atoms with Gasteiger partial charge in [0.05, 0.1) is 5.02 Å². The van der Waals surface area contributed by atoms with Crippen LogP contribution >= 0.6 is 34.8 Å². The second kappa shape index (κ2) is 9.66. The van der Waals surface area contributed by atoms with Crippen LogP contribution in [0.2, 0.25) is 15.1 Å². The zero-order chi connectivity index (χ0) is 19.2. The monoisotopic (exact) mass is 421 g/mol. The number of hydrogen-bond donors (Lipinski definition) is 1. The summed E-state index contributed by atoms with van der Waals surface area (Å²) >= 11 is 18.4. The molecule has 1 saturated heterocycles. The van der Waals surface area contributed by atoms with Gasteiger partial charge in [-0.3, -0.25) is 0 Å². The van der Waals surface area contributed by atoms with Crippen LogP contribution in [0.4, 0.5) is 0 Å². The number of nitrogens with two attached hydrogens (primary N) is 1. The number of likely N-dealkylation sites (tertiary alicyclic amines) is 1. The fourth-order valence-electron chi connectivity index (χ4n) is 3.31. The lowest BCUT2D eigenvalue weighted by Gasteiger charge is -2.27. The van der Waals surface area contributed by atoms with Crippen LogP contribution in [0.25, 0.3) is 5.70 Å². The van der Waals surface area contributed by atoms with Crippen molar-refractivity contribution < 1.29 is 5.32 Å². The highest BCUT2D eigenvalue weighted by atomic mass is 35.5. The number of nitrogens with zero attached hydrogens (tertiary/aromatic N) is 1. The van der Waals surface area contributed by atoms with Crippen molar-refractivity contribution in [3.05, 3.63) is 87.1 Å². The molecule has 0 unspecified atom stereocenters. The first-order valence-electron chi connectivity index (χ1n) is 9.23. The van der Waals surface area contributed by atoms with Gasteiger partial charge in [-0.05, 0) is 43.5 Å². The van der Waals surface area contributed by atoms with E-state index in [1.54, 1.807) is 6.07 Å². The average molecular weight is 423 g/mol. The number of quaternary nitrogens is 1. The number of hydrogen-bond acceptors (Lipinski definition) is 1. The first-order valence-corrected chi connectivity index (χ1v) is 10.4. The summed E-state index contributed by atoms with van der Waals surface area (Å²) in [7, 11) is 0. The second-order valence-corrected chi connectivity index (χ2v) is 8.04. The fourth-order valence-corrected chi connectivity index (χ4v) is 3.92. The smallest absolute Gasteiger partial charge is 0.117 e. The van der Waals surface area contributed by atoms with Crippen molar-refractivity contribution in [2.24, 2.45) is 0 Å². The Hall–Kier alpha value is -1.45. The van der Waals surface area contributed by atoms with Gasteiger partial charge in [-0.15, -0.1) is 0 Å². The van der Waals surface area contributed by atoms with Gasteiger partial charge in [-0.25, -0.2) is 0 Å².